The quantitative estimate of drug-likeness (QED) is 0.708. The standard InChI is InChI=1S/C16H25FN2O3/c1-19-6-4-12(5-7-19)11-22-16-3-2-13(8-15(16)17)18-9-14(21)10-20/h2-3,8,12,14,18,20-21H,4-7,9-11H2,1H3. The molecule has 1 aromatic rings. The van der Waals surface area contributed by atoms with Gasteiger partial charge in [-0.2, -0.15) is 0 Å². The van der Waals surface area contributed by atoms with E-state index in [2.05, 4.69) is 17.3 Å². The first-order chi connectivity index (χ1) is 10.6. The summed E-state index contributed by atoms with van der Waals surface area (Å²) in [6.45, 7) is 2.51. The number of anilines is 1. The van der Waals surface area contributed by atoms with Gasteiger partial charge in [-0.15, -0.1) is 0 Å². The van der Waals surface area contributed by atoms with Crippen molar-refractivity contribution in [1.29, 1.82) is 0 Å². The highest BCUT2D eigenvalue weighted by Crippen LogP contribution is 2.23. The van der Waals surface area contributed by atoms with Gasteiger partial charge in [0, 0.05) is 18.3 Å². The van der Waals surface area contributed by atoms with Crippen molar-refractivity contribution in [2.45, 2.75) is 18.9 Å². The molecule has 1 atom stereocenters. The average molecular weight is 312 g/mol. The molecule has 1 aliphatic heterocycles. The number of aliphatic hydroxyl groups excluding tert-OH is 2. The Morgan fingerprint density at radius 1 is 1.41 bits per heavy atom. The van der Waals surface area contributed by atoms with Crippen molar-refractivity contribution in [2.75, 3.05) is 45.2 Å². The minimum atomic E-state index is -0.858. The van der Waals surface area contributed by atoms with Gasteiger partial charge in [-0.05, 0) is 51.0 Å². The zero-order valence-corrected chi connectivity index (χ0v) is 13.0. The third-order valence-corrected chi connectivity index (χ3v) is 4.00. The van der Waals surface area contributed by atoms with Gasteiger partial charge in [0.1, 0.15) is 0 Å². The normalized spacial score (nSPS) is 18.2. The molecule has 124 valence electrons. The van der Waals surface area contributed by atoms with Crippen LogP contribution in [0.25, 0.3) is 0 Å². The van der Waals surface area contributed by atoms with Gasteiger partial charge < -0.3 is 25.2 Å². The molecule has 5 nitrogen and oxygen atoms in total. The van der Waals surface area contributed by atoms with Crippen LogP contribution in [-0.2, 0) is 0 Å². The van der Waals surface area contributed by atoms with Crippen molar-refractivity contribution in [3.63, 3.8) is 0 Å². The van der Waals surface area contributed by atoms with Crippen LogP contribution in [0.2, 0.25) is 0 Å². The molecule has 1 aliphatic rings. The number of aliphatic hydroxyl groups is 2. The van der Waals surface area contributed by atoms with Crippen LogP contribution in [0.3, 0.4) is 0 Å². The first kappa shape index (κ1) is 17.0. The van der Waals surface area contributed by atoms with Crippen molar-refractivity contribution in [2.24, 2.45) is 5.92 Å². The molecule has 0 aliphatic carbocycles. The van der Waals surface area contributed by atoms with Gasteiger partial charge in [0.25, 0.3) is 0 Å². The maximum absolute atomic E-state index is 14.0. The molecule has 1 unspecified atom stereocenters. The number of ether oxygens (including phenoxy) is 1. The van der Waals surface area contributed by atoms with Gasteiger partial charge in [-0.3, -0.25) is 0 Å². The van der Waals surface area contributed by atoms with Crippen LogP contribution in [0.15, 0.2) is 18.2 Å². The van der Waals surface area contributed by atoms with E-state index < -0.39 is 11.9 Å². The van der Waals surface area contributed by atoms with Crippen molar-refractivity contribution >= 4 is 5.69 Å². The topological polar surface area (TPSA) is 65.0 Å². The lowest BCUT2D eigenvalue weighted by Gasteiger charge is -2.28. The van der Waals surface area contributed by atoms with E-state index in [9.17, 15) is 9.50 Å². The summed E-state index contributed by atoms with van der Waals surface area (Å²) in [6.07, 6.45) is 1.30. The second kappa shape index (κ2) is 8.31. The van der Waals surface area contributed by atoms with E-state index in [4.69, 9.17) is 9.84 Å². The summed E-state index contributed by atoms with van der Waals surface area (Å²) in [6, 6.07) is 4.64. The van der Waals surface area contributed by atoms with E-state index in [1.807, 2.05) is 0 Å². The van der Waals surface area contributed by atoms with Crippen LogP contribution in [0.1, 0.15) is 12.8 Å². The summed E-state index contributed by atoms with van der Waals surface area (Å²) < 4.78 is 19.6. The fourth-order valence-electron chi connectivity index (χ4n) is 2.46. The zero-order valence-electron chi connectivity index (χ0n) is 13.0. The molecule has 1 heterocycles. The Kier molecular flexibility index (Phi) is 6.42. The SMILES string of the molecule is CN1CCC(COc2ccc(NCC(O)CO)cc2F)CC1. The molecule has 0 amide bonds. The number of hydrogen-bond acceptors (Lipinski definition) is 5. The van der Waals surface area contributed by atoms with Crippen molar-refractivity contribution in [3.8, 4) is 5.75 Å². The van der Waals surface area contributed by atoms with Gasteiger partial charge >= 0.3 is 0 Å². The number of piperidine rings is 1. The van der Waals surface area contributed by atoms with Gasteiger partial charge in [-0.25, -0.2) is 4.39 Å². The zero-order chi connectivity index (χ0) is 15.9. The Labute approximate surface area is 130 Å². The number of nitrogens with one attached hydrogen (secondary N) is 1. The van der Waals surface area contributed by atoms with Crippen LogP contribution in [0.4, 0.5) is 10.1 Å². The lowest BCUT2D eigenvalue weighted by atomic mass is 9.98. The minimum Gasteiger partial charge on any atom is -0.490 e. The van der Waals surface area contributed by atoms with Crippen molar-refractivity contribution < 1.29 is 19.3 Å². The molecule has 1 aromatic carbocycles. The molecule has 0 spiro atoms. The number of rotatable bonds is 7. The third kappa shape index (κ3) is 5.12. The molecule has 3 N–H and O–H groups in total. The summed E-state index contributed by atoms with van der Waals surface area (Å²) in [5.74, 6) is 0.316. The van der Waals surface area contributed by atoms with Gasteiger partial charge in [0.15, 0.2) is 11.6 Å². The van der Waals surface area contributed by atoms with Gasteiger partial charge in [0.2, 0.25) is 0 Å². The molecule has 1 fully saturated rings. The Morgan fingerprint density at radius 3 is 2.77 bits per heavy atom. The second-order valence-corrected chi connectivity index (χ2v) is 5.92. The van der Waals surface area contributed by atoms with Gasteiger partial charge in [-0.1, -0.05) is 0 Å². The smallest absolute Gasteiger partial charge is 0.167 e. The monoisotopic (exact) mass is 312 g/mol. The predicted molar refractivity (Wildman–Crippen MR) is 83.7 cm³/mol. The first-order valence-electron chi connectivity index (χ1n) is 7.72. The summed E-state index contributed by atoms with van der Waals surface area (Å²) >= 11 is 0. The van der Waals surface area contributed by atoms with Crippen molar-refractivity contribution in [3.05, 3.63) is 24.0 Å². The Morgan fingerprint density at radius 2 is 2.14 bits per heavy atom. The van der Waals surface area contributed by atoms with Gasteiger partial charge in [0.05, 0.1) is 19.3 Å². The molecule has 0 radical (unpaired) electrons. The second-order valence-electron chi connectivity index (χ2n) is 5.92. The molecule has 0 bridgehead atoms. The molecule has 0 saturated carbocycles. The largest absolute Gasteiger partial charge is 0.490 e. The number of halogens is 1. The first-order valence-corrected chi connectivity index (χ1v) is 7.72. The number of likely N-dealkylation sites (tertiary alicyclic amines) is 1. The molecule has 6 heteroatoms. The van der Waals surface area contributed by atoms with Crippen molar-refractivity contribution in [1.82, 2.24) is 4.90 Å². The highest BCUT2D eigenvalue weighted by molar-refractivity contribution is 5.47. The molecule has 2 rings (SSSR count). The Bertz CT molecular complexity index is 465. The molecule has 22 heavy (non-hydrogen) atoms. The van der Waals surface area contributed by atoms with E-state index in [1.54, 1.807) is 12.1 Å². The lowest BCUT2D eigenvalue weighted by Crippen LogP contribution is -2.32. The van der Waals surface area contributed by atoms with Crippen LogP contribution in [0.5, 0.6) is 5.75 Å². The van der Waals surface area contributed by atoms with E-state index in [-0.39, 0.29) is 18.9 Å². The van der Waals surface area contributed by atoms with Crippen LogP contribution in [-0.4, -0.2) is 61.1 Å². The Balaban J connectivity index is 1.82. The summed E-state index contributed by atoms with van der Waals surface area (Å²) in [5, 5.41) is 20.9. The van der Waals surface area contributed by atoms with Crippen LogP contribution < -0.4 is 10.1 Å². The maximum Gasteiger partial charge on any atom is 0.167 e. The summed E-state index contributed by atoms with van der Waals surface area (Å²) in [4.78, 5) is 2.29. The summed E-state index contributed by atoms with van der Waals surface area (Å²) in [5.41, 5.74) is 0.552. The highest BCUT2D eigenvalue weighted by Gasteiger charge is 2.17. The maximum atomic E-state index is 14.0. The third-order valence-electron chi connectivity index (χ3n) is 4.00. The van der Waals surface area contributed by atoms with E-state index in [0.29, 0.717) is 18.2 Å². The summed E-state index contributed by atoms with van der Waals surface area (Å²) in [7, 11) is 2.11. The minimum absolute atomic E-state index is 0.172. The average Bonchev–Trinajstić information content (AvgIpc) is 2.53. The van der Waals surface area contributed by atoms with E-state index in [1.165, 1.54) is 6.07 Å². The molecule has 1 saturated heterocycles. The number of nitrogens with zero attached hydrogens (tertiary/aromatic N) is 1. The van der Waals surface area contributed by atoms with Crippen LogP contribution in [0, 0.1) is 11.7 Å². The predicted octanol–water partition coefficient (Wildman–Crippen LogP) is 1.31. The van der Waals surface area contributed by atoms with Crippen LogP contribution >= 0.6 is 0 Å². The lowest BCUT2D eigenvalue weighted by molar-refractivity contribution is 0.105. The molecule has 0 aromatic heterocycles. The number of hydrogen-bond donors (Lipinski definition) is 3. The fraction of sp³-hybridized carbons (Fsp3) is 0.625. The molecular formula is C16H25FN2O3. The fourth-order valence-corrected chi connectivity index (χ4v) is 2.46. The highest BCUT2D eigenvalue weighted by atomic mass is 19.1. The van der Waals surface area contributed by atoms with E-state index >= 15 is 0 Å². The number of benzene rings is 1. The Hall–Kier alpha value is -1.37. The van der Waals surface area contributed by atoms with E-state index in [0.717, 1.165) is 25.9 Å². The molecular weight excluding hydrogens is 287 g/mol.